The average molecular weight is 398 g/mol. The third-order valence-corrected chi connectivity index (χ3v) is 5.05. The van der Waals surface area contributed by atoms with Crippen molar-refractivity contribution in [3.8, 4) is 6.07 Å². The number of nitriles is 1. The summed E-state index contributed by atoms with van der Waals surface area (Å²) in [6.07, 6.45) is 1.77. The molecule has 1 amide bonds. The van der Waals surface area contributed by atoms with E-state index in [1.807, 2.05) is 24.3 Å². The maximum atomic E-state index is 12.6. The van der Waals surface area contributed by atoms with Crippen LogP contribution in [0, 0.1) is 11.3 Å². The molecule has 5 rings (SSSR count). The Morgan fingerprint density at radius 2 is 1.76 bits per heavy atom. The highest BCUT2D eigenvalue weighted by Crippen LogP contribution is 2.28. The maximum absolute atomic E-state index is 12.6. The first-order valence-electron chi connectivity index (χ1n) is 8.82. The number of halogens is 1. The molecule has 0 aliphatic rings. The van der Waals surface area contributed by atoms with E-state index in [0.717, 1.165) is 11.0 Å². The zero-order valence-corrected chi connectivity index (χ0v) is 15.7. The lowest BCUT2D eigenvalue weighted by atomic mass is 10.2. The molecule has 0 spiro atoms. The van der Waals surface area contributed by atoms with Crippen LogP contribution in [0.15, 0.2) is 66.9 Å². The second-order valence-corrected chi connectivity index (χ2v) is 6.88. The Bertz CT molecular complexity index is 1480. The van der Waals surface area contributed by atoms with Crippen LogP contribution in [0.5, 0.6) is 0 Å². The minimum atomic E-state index is -0.323. The van der Waals surface area contributed by atoms with Crippen LogP contribution in [0.25, 0.3) is 27.7 Å². The van der Waals surface area contributed by atoms with Crippen molar-refractivity contribution >= 4 is 50.9 Å². The van der Waals surface area contributed by atoms with E-state index >= 15 is 0 Å². The first-order chi connectivity index (χ1) is 14.2. The Hall–Kier alpha value is -3.95. The van der Waals surface area contributed by atoms with Crippen molar-refractivity contribution in [2.45, 2.75) is 0 Å². The summed E-state index contributed by atoms with van der Waals surface area (Å²) in [5, 5.41) is 13.0. The van der Waals surface area contributed by atoms with Gasteiger partial charge in [-0.05, 0) is 36.4 Å². The van der Waals surface area contributed by atoms with E-state index in [-0.39, 0.29) is 5.91 Å². The third kappa shape index (κ3) is 2.76. The summed E-state index contributed by atoms with van der Waals surface area (Å²) in [4.78, 5) is 21.9. The number of aromatic nitrogens is 3. The normalized spacial score (nSPS) is 11.0. The van der Waals surface area contributed by atoms with Gasteiger partial charge in [-0.2, -0.15) is 5.26 Å². The molecule has 2 aromatic carbocycles. The minimum absolute atomic E-state index is 0.323. The van der Waals surface area contributed by atoms with Crippen LogP contribution in [0.3, 0.4) is 0 Å². The first-order valence-corrected chi connectivity index (χ1v) is 9.20. The molecule has 6 nitrogen and oxygen atoms in total. The Balaban J connectivity index is 1.66. The van der Waals surface area contributed by atoms with Gasteiger partial charge in [0.25, 0.3) is 5.91 Å². The summed E-state index contributed by atoms with van der Waals surface area (Å²) in [7, 11) is 0. The highest BCUT2D eigenvalue weighted by atomic mass is 35.5. The van der Waals surface area contributed by atoms with Gasteiger partial charge in [-0.1, -0.05) is 35.9 Å². The summed E-state index contributed by atoms with van der Waals surface area (Å²) >= 11 is 6.11. The van der Waals surface area contributed by atoms with Gasteiger partial charge in [0.15, 0.2) is 5.65 Å². The van der Waals surface area contributed by atoms with E-state index in [9.17, 15) is 10.1 Å². The van der Waals surface area contributed by atoms with Gasteiger partial charge in [-0.25, -0.2) is 9.97 Å². The number of hydrogen-bond donors (Lipinski definition) is 1. The summed E-state index contributed by atoms with van der Waals surface area (Å²) in [6.45, 7) is 0. The van der Waals surface area contributed by atoms with Crippen LogP contribution in [0.1, 0.15) is 15.9 Å². The van der Waals surface area contributed by atoms with Gasteiger partial charge < -0.3 is 5.32 Å². The van der Waals surface area contributed by atoms with E-state index < -0.39 is 0 Å². The molecular weight excluding hydrogens is 386 g/mol. The van der Waals surface area contributed by atoms with Crippen molar-refractivity contribution in [3.63, 3.8) is 0 Å². The zero-order valence-electron chi connectivity index (χ0n) is 14.9. The molecule has 0 aliphatic carbocycles. The van der Waals surface area contributed by atoms with Crippen molar-refractivity contribution in [1.29, 1.82) is 5.26 Å². The maximum Gasteiger partial charge on any atom is 0.257 e. The van der Waals surface area contributed by atoms with Crippen LogP contribution in [0.4, 0.5) is 5.69 Å². The zero-order chi connectivity index (χ0) is 20.0. The van der Waals surface area contributed by atoms with Gasteiger partial charge in [0, 0.05) is 11.9 Å². The summed E-state index contributed by atoms with van der Waals surface area (Å²) in [5.74, 6) is -0.323. The molecule has 0 fully saturated rings. The smallest absolute Gasteiger partial charge is 0.257 e. The van der Waals surface area contributed by atoms with Crippen molar-refractivity contribution in [2.75, 3.05) is 5.32 Å². The first kappa shape index (κ1) is 17.2. The molecule has 0 aliphatic heterocycles. The van der Waals surface area contributed by atoms with Crippen LogP contribution in [-0.2, 0) is 0 Å². The Morgan fingerprint density at radius 3 is 2.52 bits per heavy atom. The highest BCUT2D eigenvalue weighted by molar-refractivity contribution is 6.34. The fraction of sp³-hybridized carbons (Fsp3) is 0. The van der Waals surface area contributed by atoms with E-state index in [2.05, 4.69) is 21.4 Å². The molecule has 3 aromatic heterocycles. The summed E-state index contributed by atoms with van der Waals surface area (Å²) < 4.78 is 1.80. The second-order valence-electron chi connectivity index (χ2n) is 6.48. The van der Waals surface area contributed by atoms with Crippen molar-refractivity contribution in [3.05, 3.63) is 83.0 Å². The predicted molar refractivity (Wildman–Crippen MR) is 112 cm³/mol. The number of pyridine rings is 1. The number of hydrogen-bond acceptors (Lipinski definition) is 4. The molecule has 5 aromatic rings. The molecule has 7 heteroatoms. The van der Waals surface area contributed by atoms with Gasteiger partial charge >= 0.3 is 0 Å². The third-order valence-electron chi connectivity index (χ3n) is 4.72. The topological polar surface area (TPSA) is 83.1 Å². The number of amides is 1. The van der Waals surface area contributed by atoms with Crippen molar-refractivity contribution < 1.29 is 4.79 Å². The van der Waals surface area contributed by atoms with E-state index in [1.165, 1.54) is 0 Å². The van der Waals surface area contributed by atoms with Crippen LogP contribution in [0.2, 0.25) is 5.02 Å². The van der Waals surface area contributed by atoms with Gasteiger partial charge in [0.05, 0.1) is 27.1 Å². The molecule has 0 saturated heterocycles. The predicted octanol–water partition coefficient (Wildman–Crippen LogP) is 4.81. The quantitative estimate of drug-likeness (QED) is 0.463. The number of nitrogens with zero attached hydrogens (tertiary/aromatic N) is 4. The molecule has 0 unspecified atom stereocenters. The van der Waals surface area contributed by atoms with Crippen LogP contribution >= 0.6 is 11.6 Å². The Labute approximate surface area is 170 Å². The van der Waals surface area contributed by atoms with Crippen molar-refractivity contribution in [2.24, 2.45) is 0 Å². The highest BCUT2D eigenvalue weighted by Gasteiger charge is 2.17. The SMILES string of the molecule is N#Cc1c2nc3ccccc3nc2n2ccc(NC(=O)c3ccccc3Cl)cc12. The standard InChI is InChI=1S/C22H12ClN5O/c23-16-6-2-1-5-14(16)22(29)25-13-9-10-28-19(11-13)15(12-24)20-21(28)27-18-8-4-3-7-17(18)26-20/h1-11H,(H,25,29). The van der Waals surface area contributed by atoms with Crippen LogP contribution < -0.4 is 5.32 Å². The molecule has 0 atom stereocenters. The second kappa shape index (κ2) is 6.59. The fourth-order valence-corrected chi connectivity index (χ4v) is 3.58. The molecule has 0 radical (unpaired) electrons. The summed E-state index contributed by atoms with van der Waals surface area (Å²) in [5.41, 5.74) is 4.55. The number of para-hydroxylation sites is 2. The number of benzene rings is 2. The number of carbonyl (C=O) groups is 1. The minimum Gasteiger partial charge on any atom is -0.322 e. The fourth-order valence-electron chi connectivity index (χ4n) is 3.36. The van der Waals surface area contributed by atoms with E-state index in [0.29, 0.717) is 38.5 Å². The average Bonchev–Trinajstić information content (AvgIpc) is 3.04. The molecule has 0 saturated carbocycles. The number of rotatable bonds is 2. The molecule has 1 N–H and O–H groups in total. The lowest BCUT2D eigenvalue weighted by Gasteiger charge is -2.07. The number of anilines is 1. The van der Waals surface area contributed by atoms with Gasteiger partial charge in [0.2, 0.25) is 0 Å². The van der Waals surface area contributed by atoms with Crippen molar-refractivity contribution in [1.82, 2.24) is 14.4 Å². The van der Waals surface area contributed by atoms with Gasteiger partial charge in [0.1, 0.15) is 17.1 Å². The van der Waals surface area contributed by atoms with Crippen LogP contribution in [-0.4, -0.2) is 20.3 Å². The van der Waals surface area contributed by atoms with E-state index in [4.69, 9.17) is 11.6 Å². The number of fused-ring (bicyclic) bond motifs is 4. The number of nitrogens with one attached hydrogen (secondary N) is 1. The Morgan fingerprint density at radius 1 is 1.03 bits per heavy atom. The van der Waals surface area contributed by atoms with Gasteiger partial charge in [-0.15, -0.1) is 0 Å². The van der Waals surface area contributed by atoms with E-state index in [1.54, 1.807) is 47.0 Å². The molecule has 138 valence electrons. The lowest BCUT2D eigenvalue weighted by molar-refractivity contribution is 0.102. The Kier molecular flexibility index (Phi) is 3.90. The number of carbonyl (C=O) groups excluding carboxylic acids is 1. The van der Waals surface area contributed by atoms with Gasteiger partial charge in [-0.3, -0.25) is 9.20 Å². The molecule has 29 heavy (non-hydrogen) atoms. The largest absolute Gasteiger partial charge is 0.322 e. The lowest BCUT2D eigenvalue weighted by Crippen LogP contribution is -2.12. The molecule has 0 bridgehead atoms. The molecule has 3 heterocycles. The summed E-state index contributed by atoms with van der Waals surface area (Å²) in [6, 6.07) is 20.1. The molecular formula is C22H12ClN5O. The monoisotopic (exact) mass is 397 g/mol.